The van der Waals surface area contributed by atoms with Gasteiger partial charge in [0.25, 0.3) is 0 Å². The van der Waals surface area contributed by atoms with Gasteiger partial charge in [0.1, 0.15) is 0 Å². The summed E-state index contributed by atoms with van der Waals surface area (Å²) in [6.07, 6.45) is 3.07. The first-order valence-corrected chi connectivity index (χ1v) is 3.89. The predicted octanol–water partition coefficient (Wildman–Crippen LogP) is 2.18. The van der Waals surface area contributed by atoms with Crippen LogP contribution in [0, 0.1) is 0 Å². The van der Waals surface area contributed by atoms with Gasteiger partial charge >= 0.3 is 0 Å². The molecule has 5 heteroatoms. The zero-order valence-electron chi connectivity index (χ0n) is 6.41. The predicted molar refractivity (Wildman–Crippen MR) is 48.9 cm³/mol. The molecule has 1 aromatic heterocycles. The number of nitrogens with one attached hydrogen (secondary N) is 1. The number of aromatic nitrogens is 2. The van der Waals surface area contributed by atoms with Crippen molar-refractivity contribution in [2.45, 2.75) is 0 Å². The number of halogens is 1. The lowest BCUT2D eigenvalue weighted by molar-refractivity contribution is 0.565. The molecule has 2 aromatic rings. The summed E-state index contributed by atoms with van der Waals surface area (Å²) in [6, 6.07) is 3.27. The molecule has 0 spiro atoms. The van der Waals surface area contributed by atoms with Crippen molar-refractivity contribution in [2.24, 2.45) is 4.99 Å². The number of hydrogen-bond acceptors (Lipinski definition) is 3. The van der Waals surface area contributed by atoms with Crippen LogP contribution in [0.2, 0.25) is 5.02 Å². The zero-order valence-corrected chi connectivity index (χ0v) is 7.17. The quantitative estimate of drug-likeness (QED) is 0.558. The summed E-state index contributed by atoms with van der Waals surface area (Å²) in [5, 5.41) is 7.87. The Morgan fingerprint density at radius 3 is 3.15 bits per heavy atom. The Kier molecular flexibility index (Phi) is 1.85. The van der Waals surface area contributed by atoms with Crippen LogP contribution in [0.3, 0.4) is 0 Å². The summed E-state index contributed by atoms with van der Waals surface area (Å²) in [5.74, 6) is 0. The Hall–Kier alpha value is -1.64. The molecule has 1 aromatic carbocycles. The number of benzene rings is 1. The van der Waals surface area contributed by atoms with Crippen LogP contribution in [0.1, 0.15) is 0 Å². The highest BCUT2D eigenvalue weighted by atomic mass is 35.5. The van der Waals surface area contributed by atoms with Crippen LogP contribution in [-0.4, -0.2) is 16.3 Å². The number of aromatic amines is 1. The Labute approximate surface area is 78.2 Å². The van der Waals surface area contributed by atoms with Crippen molar-refractivity contribution in [1.29, 1.82) is 0 Å². The monoisotopic (exact) mass is 193 g/mol. The molecule has 0 atom stereocenters. The van der Waals surface area contributed by atoms with E-state index in [1.807, 2.05) is 0 Å². The molecule has 1 heterocycles. The first kappa shape index (κ1) is 7.98. The van der Waals surface area contributed by atoms with Crippen molar-refractivity contribution in [1.82, 2.24) is 10.2 Å². The van der Waals surface area contributed by atoms with E-state index in [1.165, 1.54) is 6.08 Å². The number of hydrogen-bond donors (Lipinski definition) is 1. The summed E-state index contributed by atoms with van der Waals surface area (Å²) in [4.78, 5) is 13.5. The van der Waals surface area contributed by atoms with Gasteiger partial charge in [0.05, 0.1) is 22.4 Å². The van der Waals surface area contributed by atoms with E-state index < -0.39 is 0 Å². The number of H-pyrrole nitrogens is 1. The van der Waals surface area contributed by atoms with Crippen LogP contribution < -0.4 is 0 Å². The lowest BCUT2D eigenvalue weighted by Crippen LogP contribution is -1.71. The standard InChI is InChI=1S/C8H4ClN3O/c9-7-1-5(10-4-13)2-8-6(7)3-11-12-8/h1-3H,(H,11,12). The molecule has 0 unspecified atom stereocenters. The third-order valence-corrected chi connectivity index (χ3v) is 1.98. The van der Waals surface area contributed by atoms with E-state index in [0.29, 0.717) is 10.7 Å². The molecule has 0 bridgehead atoms. The summed E-state index contributed by atoms with van der Waals surface area (Å²) in [6.45, 7) is 0. The molecule has 0 amide bonds. The Morgan fingerprint density at radius 1 is 1.54 bits per heavy atom. The van der Waals surface area contributed by atoms with E-state index in [0.717, 1.165) is 10.9 Å². The third kappa shape index (κ3) is 1.33. The number of aliphatic imine (C=N–C) groups is 1. The maximum absolute atomic E-state index is 10.00. The first-order chi connectivity index (χ1) is 6.31. The van der Waals surface area contributed by atoms with Gasteiger partial charge in [0, 0.05) is 5.39 Å². The van der Waals surface area contributed by atoms with Gasteiger partial charge in [-0.3, -0.25) is 5.10 Å². The minimum Gasteiger partial charge on any atom is -0.278 e. The highest BCUT2D eigenvalue weighted by Gasteiger charge is 2.02. The van der Waals surface area contributed by atoms with Crippen LogP contribution in [0.4, 0.5) is 5.69 Å². The number of nitrogens with zero attached hydrogens (tertiary/aromatic N) is 2. The van der Waals surface area contributed by atoms with E-state index in [4.69, 9.17) is 11.6 Å². The molecule has 0 fully saturated rings. The first-order valence-electron chi connectivity index (χ1n) is 3.52. The van der Waals surface area contributed by atoms with Gasteiger partial charge in [-0.25, -0.2) is 4.79 Å². The molecule has 1 N–H and O–H groups in total. The lowest BCUT2D eigenvalue weighted by Gasteiger charge is -1.94. The number of isocyanates is 1. The molecule has 2 rings (SSSR count). The van der Waals surface area contributed by atoms with Crippen LogP contribution in [0.15, 0.2) is 23.3 Å². The summed E-state index contributed by atoms with van der Waals surface area (Å²) >= 11 is 5.89. The molecule has 0 aliphatic heterocycles. The normalized spacial score (nSPS) is 9.92. The minimum atomic E-state index is 0.469. The molecular formula is C8H4ClN3O. The van der Waals surface area contributed by atoms with Gasteiger partial charge in [0.15, 0.2) is 0 Å². The minimum absolute atomic E-state index is 0.469. The summed E-state index contributed by atoms with van der Waals surface area (Å²) in [5.41, 5.74) is 1.22. The molecule has 13 heavy (non-hydrogen) atoms. The summed E-state index contributed by atoms with van der Waals surface area (Å²) < 4.78 is 0. The molecule has 4 nitrogen and oxygen atoms in total. The smallest absolute Gasteiger partial charge is 0.240 e. The molecule has 0 aliphatic carbocycles. The van der Waals surface area contributed by atoms with Crippen molar-refractivity contribution in [3.63, 3.8) is 0 Å². The van der Waals surface area contributed by atoms with Gasteiger partial charge < -0.3 is 0 Å². The second-order valence-corrected chi connectivity index (χ2v) is 2.87. The van der Waals surface area contributed by atoms with E-state index >= 15 is 0 Å². The molecule has 0 saturated carbocycles. The fourth-order valence-electron chi connectivity index (χ4n) is 1.11. The van der Waals surface area contributed by atoms with E-state index in [9.17, 15) is 4.79 Å². The number of carbonyl (C=O) groups excluding carboxylic acids is 1. The van der Waals surface area contributed by atoms with Gasteiger partial charge in [-0.1, -0.05) is 11.6 Å². The van der Waals surface area contributed by atoms with Crippen LogP contribution in [0.5, 0.6) is 0 Å². The fourth-order valence-corrected chi connectivity index (χ4v) is 1.37. The maximum Gasteiger partial charge on any atom is 0.240 e. The average Bonchev–Trinajstić information content (AvgIpc) is 2.53. The zero-order chi connectivity index (χ0) is 9.26. The molecule has 0 saturated heterocycles. The maximum atomic E-state index is 10.00. The lowest BCUT2D eigenvalue weighted by atomic mass is 10.2. The Bertz CT molecular complexity index is 499. The Morgan fingerprint density at radius 2 is 2.38 bits per heavy atom. The van der Waals surface area contributed by atoms with Crippen molar-refractivity contribution in [3.05, 3.63) is 23.4 Å². The van der Waals surface area contributed by atoms with Gasteiger partial charge in [-0.15, -0.1) is 0 Å². The van der Waals surface area contributed by atoms with Crippen LogP contribution >= 0.6 is 11.6 Å². The summed E-state index contributed by atoms with van der Waals surface area (Å²) in [7, 11) is 0. The van der Waals surface area contributed by atoms with Crippen LogP contribution in [-0.2, 0) is 4.79 Å². The average molecular weight is 194 g/mol. The number of rotatable bonds is 1. The number of fused-ring (bicyclic) bond motifs is 1. The van der Waals surface area contributed by atoms with E-state index in [2.05, 4.69) is 15.2 Å². The topological polar surface area (TPSA) is 58.1 Å². The van der Waals surface area contributed by atoms with Crippen molar-refractivity contribution < 1.29 is 4.79 Å². The molecular weight excluding hydrogens is 190 g/mol. The van der Waals surface area contributed by atoms with Crippen molar-refractivity contribution in [2.75, 3.05) is 0 Å². The highest BCUT2D eigenvalue weighted by molar-refractivity contribution is 6.35. The van der Waals surface area contributed by atoms with Crippen LogP contribution in [0.25, 0.3) is 10.9 Å². The Balaban J connectivity index is 2.76. The van der Waals surface area contributed by atoms with Gasteiger partial charge in [-0.2, -0.15) is 10.1 Å². The molecule has 64 valence electrons. The largest absolute Gasteiger partial charge is 0.278 e. The van der Waals surface area contributed by atoms with Gasteiger partial charge in [-0.05, 0) is 12.1 Å². The van der Waals surface area contributed by atoms with Crippen molar-refractivity contribution in [3.8, 4) is 0 Å². The van der Waals surface area contributed by atoms with E-state index in [-0.39, 0.29) is 0 Å². The fraction of sp³-hybridized carbons (Fsp3) is 0. The molecule has 0 aliphatic rings. The van der Waals surface area contributed by atoms with E-state index in [1.54, 1.807) is 18.3 Å². The molecule has 0 radical (unpaired) electrons. The van der Waals surface area contributed by atoms with Crippen molar-refractivity contribution >= 4 is 34.3 Å². The SMILES string of the molecule is O=C=Nc1cc(Cl)c2cn[nH]c2c1. The second kappa shape index (κ2) is 3.01. The highest BCUT2D eigenvalue weighted by Crippen LogP contribution is 2.27. The third-order valence-electron chi connectivity index (χ3n) is 1.67. The van der Waals surface area contributed by atoms with Gasteiger partial charge in [0.2, 0.25) is 6.08 Å². The second-order valence-electron chi connectivity index (χ2n) is 2.46.